The summed E-state index contributed by atoms with van der Waals surface area (Å²) in [6.07, 6.45) is 4.07. The summed E-state index contributed by atoms with van der Waals surface area (Å²) in [7, 11) is 0. The smallest absolute Gasteiger partial charge is 0.288 e. The third kappa shape index (κ3) is 3.30. The van der Waals surface area contributed by atoms with Crippen molar-refractivity contribution in [1.29, 1.82) is 0 Å². The van der Waals surface area contributed by atoms with E-state index in [1.807, 2.05) is 0 Å². The van der Waals surface area contributed by atoms with Crippen LogP contribution in [0.5, 0.6) is 0 Å². The number of aromatic nitrogens is 3. The number of aliphatic hydroxyl groups excluding tert-OH is 1. The Labute approximate surface area is 118 Å². The zero-order valence-corrected chi connectivity index (χ0v) is 10.8. The number of anilines is 2. The Morgan fingerprint density at radius 3 is 2.90 bits per heavy atom. The molecule has 4 N–H and O–H groups in total. The average Bonchev–Trinajstić information content (AvgIpc) is 2.86. The highest BCUT2D eigenvalue weighted by atomic mass is 16.6. The molecular formula is C11H12N6O4. The first-order valence-corrected chi connectivity index (χ1v) is 5.86. The maximum Gasteiger partial charge on any atom is 0.288 e. The molecule has 2 heterocycles. The third-order valence-corrected chi connectivity index (χ3v) is 2.57. The van der Waals surface area contributed by atoms with E-state index < -0.39 is 10.8 Å². The number of carbonyl (C=O) groups is 1. The monoisotopic (exact) mass is 292 g/mol. The number of pyridine rings is 1. The number of amides is 1. The molecular weight excluding hydrogens is 280 g/mol. The normalized spacial score (nSPS) is 10.3. The lowest BCUT2D eigenvalue weighted by Crippen LogP contribution is -2.14. The molecule has 0 radical (unpaired) electrons. The summed E-state index contributed by atoms with van der Waals surface area (Å²) in [6, 6.07) is 1.05. The van der Waals surface area contributed by atoms with E-state index in [0.29, 0.717) is 12.2 Å². The van der Waals surface area contributed by atoms with E-state index in [2.05, 4.69) is 15.4 Å². The number of nitrogens with two attached hydrogens (primary N) is 1. The summed E-state index contributed by atoms with van der Waals surface area (Å²) in [5, 5.41) is 26.2. The average molecular weight is 292 g/mol. The first-order valence-electron chi connectivity index (χ1n) is 5.86. The van der Waals surface area contributed by atoms with Crippen LogP contribution in [0.1, 0.15) is 10.4 Å². The molecule has 110 valence electrons. The van der Waals surface area contributed by atoms with Crippen molar-refractivity contribution in [3.8, 4) is 0 Å². The van der Waals surface area contributed by atoms with Crippen LogP contribution in [0.4, 0.5) is 17.2 Å². The van der Waals surface area contributed by atoms with Crippen LogP contribution in [-0.4, -0.2) is 37.3 Å². The lowest BCUT2D eigenvalue weighted by molar-refractivity contribution is -0.385. The molecule has 2 aromatic rings. The fourth-order valence-corrected chi connectivity index (χ4v) is 1.63. The summed E-state index contributed by atoms with van der Waals surface area (Å²) in [6.45, 7) is 0.251. The van der Waals surface area contributed by atoms with E-state index in [-0.39, 0.29) is 23.7 Å². The van der Waals surface area contributed by atoms with Gasteiger partial charge < -0.3 is 16.2 Å². The quantitative estimate of drug-likeness (QED) is 0.501. The molecule has 0 atom stereocenters. The van der Waals surface area contributed by atoms with E-state index in [0.717, 1.165) is 12.3 Å². The zero-order valence-electron chi connectivity index (χ0n) is 10.8. The second-order valence-electron chi connectivity index (χ2n) is 4.05. The molecule has 21 heavy (non-hydrogen) atoms. The van der Waals surface area contributed by atoms with Gasteiger partial charge in [-0.15, -0.1) is 0 Å². The Balaban J connectivity index is 2.29. The molecule has 0 saturated heterocycles. The van der Waals surface area contributed by atoms with E-state index in [4.69, 9.17) is 10.8 Å². The summed E-state index contributed by atoms with van der Waals surface area (Å²) < 4.78 is 1.48. The SMILES string of the molecule is NC(=O)c1cc([N+](=O)[O-])cnc1Nc1cnn(CCO)c1. The molecule has 0 saturated carbocycles. The molecule has 0 aromatic carbocycles. The molecule has 0 bridgehead atoms. The summed E-state index contributed by atoms with van der Waals surface area (Å²) >= 11 is 0. The van der Waals surface area contributed by atoms with Gasteiger partial charge in [-0.2, -0.15) is 5.10 Å². The van der Waals surface area contributed by atoms with Crippen molar-refractivity contribution < 1.29 is 14.8 Å². The van der Waals surface area contributed by atoms with Gasteiger partial charge >= 0.3 is 0 Å². The highest BCUT2D eigenvalue weighted by Gasteiger charge is 2.16. The number of primary amides is 1. The molecule has 0 spiro atoms. The first kappa shape index (κ1) is 14.4. The topological polar surface area (TPSA) is 149 Å². The molecule has 10 heteroatoms. The van der Waals surface area contributed by atoms with Gasteiger partial charge in [-0.05, 0) is 0 Å². The Morgan fingerprint density at radius 2 is 2.29 bits per heavy atom. The van der Waals surface area contributed by atoms with Crippen molar-refractivity contribution in [1.82, 2.24) is 14.8 Å². The number of nitro groups is 1. The number of nitrogens with zero attached hydrogens (tertiary/aromatic N) is 4. The van der Waals surface area contributed by atoms with Gasteiger partial charge in [0.2, 0.25) is 0 Å². The lowest BCUT2D eigenvalue weighted by Gasteiger charge is -2.06. The van der Waals surface area contributed by atoms with Gasteiger partial charge in [0.15, 0.2) is 0 Å². The molecule has 2 aromatic heterocycles. The number of rotatable bonds is 6. The van der Waals surface area contributed by atoms with Crippen LogP contribution in [0.3, 0.4) is 0 Å². The molecule has 0 unspecified atom stereocenters. The van der Waals surface area contributed by atoms with Gasteiger partial charge in [0.25, 0.3) is 11.6 Å². The number of hydrogen-bond acceptors (Lipinski definition) is 7. The van der Waals surface area contributed by atoms with E-state index in [1.165, 1.54) is 10.9 Å². The minimum absolute atomic E-state index is 0.0660. The fourth-order valence-electron chi connectivity index (χ4n) is 1.63. The van der Waals surface area contributed by atoms with Gasteiger partial charge in [-0.1, -0.05) is 0 Å². The Bertz CT molecular complexity index is 683. The summed E-state index contributed by atoms with van der Waals surface area (Å²) in [5.74, 6) is -0.743. The minimum Gasteiger partial charge on any atom is -0.394 e. The Morgan fingerprint density at radius 1 is 1.52 bits per heavy atom. The minimum atomic E-state index is -0.837. The van der Waals surface area contributed by atoms with Crippen molar-refractivity contribution >= 4 is 23.1 Å². The molecule has 1 amide bonds. The van der Waals surface area contributed by atoms with Crippen LogP contribution in [-0.2, 0) is 6.54 Å². The summed E-state index contributed by atoms with van der Waals surface area (Å²) in [5.41, 5.74) is 5.28. The first-order chi connectivity index (χ1) is 10.0. The van der Waals surface area contributed by atoms with Gasteiger partial charge in [0.1, 0.15) is 12.0 Å². The highest BCUT2D eigenvalue weighted by molar-refractivity contribution is 5.98. The van der Waals surface area contributed by atoms with Crippen molar-refractivity contribution in [2.24, 2.45) is 5.73 Å². The van der Waals surface area contributed by atoms with Crippen LogP contribution in [0.15, 0.2) is 24.7 Å². The predicted molar refractivity (Wildman–Crippen MR) is 72.0 cm³/mol. The Hall–Kier alpha value is -3.01. The molecule has 0 aliphatic rings. The predicted octanol–water partition coefficient (Wildman–Crippen LogP) is 0.0211. The van der Waals surface area contributed by atoms with Crippen LogP contribution in [0.2, 0.25) is 0 Å². The van der Waals surface area contributed by atoms with E-state index in [1.54, 1.807) is 6.20 Å². The maximum atomic E-state index is 11.4. The third-order valence-electron chi connectivity index (χ3n) is 2.57. The van der Waals surface area contributed by atoms with Crippen LogP contribution >= 0.6 is 0 Å². The van der Waals surface area contributed by atoms with Gasteiger partial charge in [0.05, 0.1) is 35.5 Å². The Kier molecular flexibility index (Phi) is 4.09. The van der Waals surface area contributed by atoms with Gasteiger partial charge in [0, 0.05) is 12.3 Å². The number of nitrogens with one attached hydrogen (secondary N) is 1. The highest BCUT2D eigenvalue weighted by Crippen LogP contribution is 2.22. The van der Waals surface area contributed by atoms with Crippen molar-refractivity contribution in [3.05, 3.63) is 40.3 Å². The van der Waals surface area contributed by atoms with E-state index in [9.17, 15) is 14.9 Å². The lowest BCUT2D eigenvalue weighted by atomic mass is 10.2. The zero-order chi connectivity index (χ0) is 15.4. The van der Waals surface area contributed by atoms with Crippen molar-refractivity contribution in [3.63, 3.8) is 0 Å². The maximum absolute atomic E-state index is 11.4. The van der Waals surface area contributed by atoms with Crippen LogP contribution in [0, 0.1) is 10.1 Å². The van der Waals surface area contributed by atoms with Crippen LogP contribution < -0.4 is 11.1 Å². The standard InChI is InChI=1S/C11H12N6O4/c12-10(19)9-3-8(17(20)21)5-13-11(9)15-7-4-14-16(6-7)1-2-18/h3-6,18H,1-2H2,(H2,12,19)(H,13,15). The molecule has 0 aliphatic carbocycles. The fraction of sp³-hybridized carbons (Fsp3) is 0.182. The largest absolute Gasteiger partial charge is 0.394 e. The molecule has 2 rings (SSSR count). The molecule has 10 nitrogen and oxygen atoms in total. The second kappa shape index (κ2) is 5.96. The molecule has 0 aliphatic heterocycles. The number of hydrogen-bond donors (Lipinski definition) is 3. The van der Waals surface area contributed by atoms with Crippen LogP contribution in [0.25, 0.3) is 0 Å². The van der Waals surface area contributed by atoms with Gasteiger partial charge in [-0.3, -0.25) is 19.6 Å². The number of carbonyl (C=O) groups excluding carboxylic acids is 1. The number of aliphatic hydroxyl groups is 1. The van der Waals surface area contributed by atoms with Crippen molar-refractivity contribution in [2.45, 2.75) is 6.54 Å². The summed E-state index contributed by atoms with van der Waals surface area (Å²) in [4.78, 5) is 25.2. The van der Waals surface area contributed by atoms with Crippen molar-refractivity contribution in [2.75, 3.05) is 11.9 Å². The van der Waals surface area contributed by atoms with Gasteiger partial charge in [-0.25, -0.2) is 4.98 Å². The molecule has 0 fully saturated rings. The van der Waals surface area contributed by atoms with E-state index >= 15 is 0 Å². The second-order valence-corrected chi connectivity index (χ2v) is 4.05.